The van der Waals surface area contributed by atoms with Crippen LogP contribution in [0.2, 0.25) is 0 Å². The highest BCUT2D eigenvalue weighted by molar-refractivity contribution is 8.93. The summed E-state index contributed by atoms with van der Waals surface area (Å²) < 4.78 is 0. The first kappa shape index (κ1) is 12.2. The summed E-state index contributed by atoms with van der Waals surface area (Å²) in [7, 11) is -0.542. The van der Waals surface area contributed by atoms with Crippen molar-refractivity contribution in [3.63, 3.8) is 0 Å². The summed E-state index contributed by atoms with van der Waals surface area (Å²) in [4.78, 5) is 0. The van der Waals surface area contributed by atoms with Gasteiger partial charge in [0.2, 0.25) is 0 Å². The predicted octanol–water partition coefficient (Wildman–Crippen LogP) is 4.21. The lowest BCUT2D eigenvalue weighted by Gasteiger charge is -2.16. The molecule has 0 saturated carbocycles. The first-order valence-corrected chi connectivity index (χ1v) is 7.95. The third-order valence-corrected chi connectivity index (χ3v) is 6.97. The molecule has 1 aliphatic rings. The van der Waals surface area contributed by atoms with Gasteiger partial charge in [-0.25, -0.2) is 0 Å². The Balaban J connectivity index is 0.000000980. The zero-order valence-corrected chi connectivity index (χ0v) is 11.4. The van der Waals surface area contributed by atoms with Crippen LogP contribution in [0.25, 0.3) is 0 Å². The van der Waals surface area contributed by atoms with Gasteiger partial charge < -0.3 is 0 Å². The van der Waals surface area contributed by atoms with E-state index in [1.54, 1.807) is 5.56 Å². The molecular weight excluding hydrogens is 255 g/mol. The summed E-state index contributed by atoms with van der Waals surface area (Å²) in [5.74, 6) is 0. The van der Waals surface area contributed by atoms with Gasteiger partial charge in [-0.15, -0.1) is 17.0 Å². The van der Waals surface area contributed by atoms with Crippen molar-refractivity contribution in [2.45, 2.75) is 19.0 Å². The van der Waals surface area contributed by atoms with Gasteiger partial charge in [-0.3, -0.25) is 0 Å². The highest BCUT2D eigenvalue weighted by Gasteiger charge is 2.35. The van der Waals surface area contributed by atoms with Crippen molar-refractivity contribution in [1.82, 2.24) is 0 Å². The van der Waals surface area contributed by atoms with Gasteiger partial charge in [0.25, 0.3) is 0 Å². The van der Waals surface area contributed by atoms with Gasteiger partial charge in [0, 0.05) is 13.9 Å². The molecule has 0 N–H and O–H groups in total. The van der Waals surface area contributed by atoms with E-state index >= 15 is 0 Å². The monoisotopic (exact) mass is 273 g/mol. The van der Waals surface area contributed by atoms with Crippen LogP contribution < -0.4 is 0 Å². The van der Waals surface area contributed by atoms with Crippen LogP contribution in [0.1, 0.15) is 18.4 Å². The molecule has 0 spiro atoms. The summed E-state index contributed by atoms with van der Waals surface area (Å²) >= 11 is 0. The molecule has 1 saturated heterocycles. The zero-order chi connectivity index (χ0) is 9.15. The molecule has 0 aliphatic carbocycles. The van der Waals surface area contributed by atoms with E-state index in [9.17, 15) is 0 Å². The Morgan fingerprint density at radius 2 is 1.64 bits per heavy atom. The van der Waals surface area contributed by atoms with E-state index in [2.05, 4.69) is 37.0 Å². The Hall–Kier alpha value is 0.130. The van der Waals surface area contributed by atoms with E-state index in [0.717, 1.165) is 0 Å². The van der Waals surface area contributed by atoms with E-state index in [4.69, 9.17) is 0 Å². The third-order valence-electron chi connectivity index (χ3n) is 3.05. The summed E-state index contributed by atoms with van der Waals surface area (Å²) in [6.45, 7) is 2.55. The summed E-state index contributed by atoms with van der Waals surface area (Å²) in [5.41, 5.74) is 1.56. The molecule has 14 heavy (non-hydrogen) atoms. The van der Waals surface area contributed by atoms with Gasteiger partial charge in [-0.2, -0.15) is 0 Å². The Labute approximate surface area is 98.2 Å². The normalized spacial score (nSPS) is 18.9. The Morgan fingerprint density at radius 3 is 2.21 bits per heavy atom. The van der Waals surface area contributed by atoms with Crippen LogP contribution in [0, 0.1) is 0 Å². The Morgan fingerprint density at radius 1 is 1.07 bits per heavy atom. The largest absolute Gasteiger partial charge is 0.114 e. The van der Waals surface area contributed by atoms with E-state index in [1.807, 2.05) is 0 Å². The maximum atomic E-state index is 2.55. The highest BCUT2D eigenvalue weighted by atomic mass is 79.9. The second kappa shape index (κ2) is 5.28. The van der Waals surface area contributed by atoms with Gasteiger partial charge in [0.05, 0.1) is 18.5 Å². The average Bonchev–Trinajstić information content (AvgIpc) is 2.54. The lowest BCUT2D eigenvalue weighted by atomic mass is 10.2. The number of hydrogen-bond acceptors (Lipinski definition) is 0. The standard InChI is InChI=1S/C12H18P.BrH/c1-13(9-5-6-10-13)11-12-7-3-2-4-8-12;/h2-4,7-8H,5-6,9-11H2,1H3;1H/q+1;. The molecule has 0 bridgehead atoms. The number of hydrogen-bond donors (Lipinski definition) is 0. The van der Waals surface area contributed by atoms with Crippen LogP contribution in [0.4, 0.5) is 0 Å². The van der Waals surface area contributed by atoms with Crippen molar-refractivity contribution < 1.29 is 0 Å². The SMILES string of the molecule is Br.C[P+]1(Cc2ccccc2)CCCC1. The van der Waals surface area contributed by atoms with Gasteiger partial charge in [0.1, 0.15) is 0 Å². The molecule has 1 aromatic carbocycles. The molecule has 0 aromatic heterocycles. The van der Waals surface area contributed by atoms with Crippen molar-refractivity contribution in [2.24, 2.45) is 0 Å². The molecule has 0 amide bonds. The smallest absolute Gasteiger partial charge is 0.0840 e. The van der Waals surface area contributed by atoms with Crippen molar-refractivity contribution in [3.8, 4) is 0 Å². The van der Waals surface area contributed by atoms with Crippen LogP contribution >= 0.6 is 24.2 Å². The molecular formula is C12H19BrP+. The van der Waals surface area contributed by atoms with Crippen molar-refractivity contribution in [2.75, 3.05) is 19.0 Å². The number of benzene rings is 1. The summed E-state index contributed by atoms with van der Waals surface area (Å²) in [6.07, 6.45) is 7.41. The zero-order valence-electron chi connectivity index (χ0n) is 8.78. The lowest BCUT2D eigenvalue weighted by molar-refractivity contribution is 0.949. The van der Waals surface area contributed by atoms with Crippen LogP contribution in [0.15, 0.2) is 30.3 Å². The first-order chi connectivity index (χ1) is 6.29. The number of rotatable bonds is 2. The molecule has 0 radical (unpaired) electrons. The van der Waals surface area contributed by atoms with Crippen molar-refractivity contribution in [1.29, 1.82) is 0 Å². The Bertz CT molecular complexity index is 265. The number of halogens is 1. The fraction of sp³-hybridized carbons (Fsp3) is 0.500. The fourth-order valence-corrected chi connectivity index (χ4v) is 5.89. The summed E-state index contributed by atoms with van der Waals surface area (Å²) in [6, 6.07) is 11.0. The van der Waals surface area contributed by atoms with Crippen LogP contribution in [0.3, 0.4) is 0 Å². The minimum absolute atomic E-state index is 0. The molecule has 1 fully saturated rings. The molecule has 1 heterocycles. The van der Waals surface area contributed by atoms with E-state index in [-0.39, 0.29) is 17.0 Å². The molecule has 0 nitrogen and oxygen atoms in total. The van der Waals surface area contributed by atoms with Crippen LogP contribution in [0.5, 0.6) is 0 Å². The Kier molecular flexibility index (Phi) is 4.60. The van der Waals surface area contributed by atoms with E-state index in [0.29, 0.717) is 0 Å². The second-order valence-corrected chi connectivity index (χ2v) is 8.87. The predicted molar refractivity (Wildman–Crippen MR) is 72.3 cm³/mol. The molecule has 0 atom stereocenters. The fourth-order valence-electron chi connectivity index (χ4n) is 2.28. The van der Waals surface area contributed by atoms with Crippen molar-refractivity contribution in [3.05, 3.63) is 35.9 Å². The molecule has 78 valence electrons. The van der Waals surface area contributed by atoms with Gasteiger partial charge in [-0.1, -0.05) is 30.3 Å². The molecule has 0 unspecified atom stereocenters. The topological polar surface area (TPSA) is 0 Å². The average molecular weight is 274 g/mol. The quantitative estimate of drug-likeness (QED) is 0.709. The summed E-state index contributed by atoms with van der Waals surface area (Å²) in [5, 5.41) is 0. The van der Waals surface area contributed by atoms with E-state index < -0.39 is 7.26 Å². The van der Waals surface area contributed by atoms with Gasteiger partial charge >= 0.3 is 0 Å². The minimum atomic E-state index is -0.542. The maximum Gasteiger partial charge on any atom is 0.0840 e. The molecule has 2 heteroatoms. The lowest BCUT2D eigenvalue weighted by Crippen LogP contribution is -1.96. The van der Waals surface area contributed by atoms with Gasteiger partial charge in [-0.05, 0) is 18.4 Å². The maximum absolute atomic E-state index is 2.55. The molecule has 1 aliphatic heterocycles. The van der Waals surface area contributed by atoms with E-state index in [1.165, 1.54) is 31.3 Å². The first-order valence-electron chi connectivity index (χ1n) is 5.16. The van der Waals surface area contributed by atoms with Crippen LogP contribution in [-0.4, -0.2) is 19.0 Å². The molecule has 1 aromatic rings. The molecule has 2 rings (SSSR count). The highest BCUT2D eigenvalue weighted by Crippen LogP contribution is 2.62. The second-order valence-electron chi connectivity index (χ2n) is 4.42. The minimum Gasteiger partial charge on any atom is -0.114 e. The van der Waals surface area contributed by atoms with Crippen molar-refractivity contribution >= 4 is 24.2 Å². The van der Waals surface area contributed by atoms with Crippen LogP contribution in [-0.2, 0) is 6.16 Å². The third kappa shape index (κ3) is 3.07. The van der Waals surface area contributed by atoms with Gasteiger partial charge in [0.15, 0.2) is 0 Å².